The second-order valence-electron chi connectivity index (χ2n) is 5.23. The van der Waals surface area contributed by atoms with E-state index in [0.717, 1.165) is 37.6 Å². The van der Waals surface area contributed by atoms with Crippen LogP contribution in [0.2, 0.25) is 5.02 Å². The summed E-state index contributed by atoms with van der Waals surface area (Å²) in [5, 5.41) is 13.4. The highest BCUT2D eigenvalue weighted by Gasteiger charge is 2.23. The first-order valence-electron chi connectivity index (χ1n) is 7.08. The molecule has 0 amide bonds. The summed E-state index contributed by atoms with van der Waals surface area (Å²) in [6, 6.07) is 6.03. The molecule has 20 heavy (non-hydrogen) atoms. The van der Waals surface area contributed by atoms with Crippen molar-refractivity contribution in [3.8, 4) is 0 Å². The molecule has 0 aromatic heterocycles. The average Bonchev–Trinajstić information content (AvgIpc) is 2.92. The number of hydrogen-bond donors (Lipinski definition) is 2. The average molecular weight is 299 g/mol. The van der Waals surface area contributed by atoms with Gasteiger partial charge in [0.2, 0.25) is 0 Å². The maximum atomic E-state index is 9.27. The number of nitrogens with one attached hydrogen (secondary N) is 1. The third kappa shape index (κ3) is 4.09. The number of hydrogen-bond acceptors (Lipinski definition) is 4. The summed E-state index contributed by atoms with van der Waals surface area (Å²) >= 11 is 6.11. The lowest BCUT2D eigenvalue weighted by atomic mass is 10.1. The normalized spacial score (nSPS) is 18.8. The Labute approximate surface area is 125 Å². The molecule has 1 atom stereocenters. The van der Waals surface area contributed by atoms with Gasteiger partial charge in [0.25, 0.3) is 0 Å². The molecule has 5 heteroatoms. The van der Waals surface area contributed by atoms with Crippen LogP contribution in [0, 0.1) is 5.92 Å². The van der Waals surface area contributed by atoms with Crippen molar-refractivity contribution in [2.75, 3.05) is 44.9 Å². The Balaban J connectivity index is 2.03. The Bertz CT molecular complexity index is 428. The van der Waals surface area contributed by atoms with Gasteiger partial charge in [-0.1, -0.05) is 11.6 Å². The minimum Gasteiger partial charge on any atom is -0.396 e. The molecule has 112 valence electrons. The van der Waals surface area contributed by atoms with Gasteiger partial charge in [0, 0.05) is 56.5 Å². The first-order valence-corrected chi connectivity index (χ1v) is 7.46. The van der Waals surface area contributed by atoms with Crippen molar-refractivity contribution >= 4 is 17.3 Å². The van der Waals surface area contributed by atoms with E-state index in [9.17, 15) is 5.11 Å². The zero-order valence-corrected chi connectivity index (χ0v) is 12.7. The Morgan fingerprint density at radius 3 is 3.05 bits per heavy atom. The minimum atomic E-state index is 0.269. The molecule has 1 aromatic carbocycles. The van der Waals surface area contributed by atoms with Crippen LogP contribution < -0.4 is 10.2 Å². The summed E-state index contributed by atoms with van der Waals surface area (Å²) in [6.45, 7) is 4.49. The van der Waals surface area contributed by atoms with E-state index in [2.05, 4.69) is 16.3 Å². The number of benzene rings is 1. The van der Waals surface area contributed by atoms with E-state index >= 15 is 0 Å². The van der Waals surface area contributed by atoms with E-state index in [-0.39, 0.29) is 6.61 Å². The molecule has 1 aliphatic rings. The molecule has 2 rings (SSSR count). The molecular weight excluding hydrogens is 276 g/mol. The van der Waals surface area contributed by atoms with Crippen LogP contribution in [0.15, 0.2) is 18.2 Å². The molecule has 0 bridgehead atoms. The van der Waals surface area contributed by atoms with Gasteiger partial charge in [-0.25, -0.2) is 0 Å². The summed E-state index contributed by atoms with van der Waals surface area (Å²) < 4.78 is 5.04. The third-order valence-electron chi connectivity index (χ3n) is 3.72. The highest BCUT2D eigenvalue weighted by Crippen LogP contribution is 2.29. The lowest BCUT2D eigenvalue weighted by molar-refractivity contribution is 0.199. The number of rotatable bonds is 7. The van der Waals surface area contributed by atoms with Crippen molar-refractivity contribution < 1.29 is 9.84 Å². The molecule has 1 aliphatic heterocycles. The van der Waals surface area contributed by atoms with Gasteiger partial charge in [-0.05, 0) is 30.2 Å². The van der Waals surface area contributed by atoms with Crippen LogP contribution in [0.3, 0.4) is 0 Å². The van der Waals surface area contributed by atoms with Gasteiger partial charge in [-0.3, -0.25) is 0 Å². The third-order valence-corrected chi connectivity index (χ3v) is 3.96. The van der Waals surface area contributed by atoms with E-state index in [1.807, 2.05) is 12.1 Å². The van der Waals surface area contributed by atoms with Crippen LogP contribution in [0.1, 0.15) is 12.0 Å². The van der Waals surface area contributed by atoms with Crippen LogP contribution in [-0.2, 0) is 11.3 Å². The van der Waals surface area contributed by atoms with Crippen molar-refractivity contribution in [2.45, 2.75) is 13.0 Å². The fourth-order valence-electron chi connectivity index (χ4n) is 2.60. The molecule has 0 aliphatic carbocycles. The Morgan fingerprint density at radius 2 is 2.35 bits per heavy atom. The predicted octanol–water partition coefficient (Wildman–Crippen LogP) is 1.89. The topological polar surface area (TPSA) is 44.7 Å². The van der Waals surface area contributed by atoms with Gasteiger partial charge in [0.1, 0.15) is 0 Å². The Kier molecular flexibility index (Phi) is 6.10. The summed E-state index contributed by atoms with van der Waals surface area (Å²) in [5.74, 6) is 0.389. The number of nitrogens with zero attached hydrogens (tertiary/aromatic N) is 1. The largest absolute Gasteiger partial charge is 0.396 e. The zero-order valence-electron chi connectivity index (χ0n) is 11.9. The molecule has 1 fully saturated rings. The van der Waals surface area contributed by atoms with E-state index < -0.39 is 0 Å². The number of ether oxygens (including phenoxy) is 1. The standard InChI is InChI=1S/C15H23ClN2O2/c1-20-7-5-17-9-13-8-14(16)2-3-15(13)18-6-4-12(10-18)11-19/h2-3,8,12,17,19H,4-7,9-11H2,1H3. The summed E-state index contributed by atoms with van der Waals surface area (Å²) in [4.78, 5) is 2.34. The monoisotopic (exact) mass is 298 g/mol. The molecule has 0 saturated carbocycles. The molecule has 0 spiro atoms. The summed E-state index contributed by atoms with van der Waals surface area (Å²) in [6.07, 6.45) is 1.05. The van der Waals surface area contributed by atoms with Crippen molar-refractivity contribution in [3.63, 3.8) is 0 Å². The molecule has 4 nitrogen and oxygen atoms in total. The van der Waals surface area contributed by atoms with Crippen LogP contribution in [0.25, 0.3) is 0 Å². The van der Waals surface area contributed by atoms with Gasteiger partial charge in [-0.2, -0.15) is 0 Å². The van der Waals surface area contributed by atoms with Crippen molar-refractivity contribution in [1.82, 2.24) is 5.32 Å². The SMILES string of the molecule is COCCNCc1cc(Cl)ccc1N1CCC(CO)C1. The number of aliphatic hydroxyl groups excluding tert-OH is 1. The first kappa shape index (κ1) is 15.6. The summed E-state index contributed by atoms with van der Waals surface area (Å²) in [7, 11) is 1.70. The Hall–Kier alpha value is -0.810. The molecule has 1 heterocycles. The van der Waals surface area contributed by atoms with Crippen molar-refractivity contribution in [1.29, 1.82) is 0 Å². The van der Waals surface area contributed by atoms with Crippen LogP contribution in [0.4, 0.5) is 5.69 Å². The Morgan fingerprint density at radius 1 is 1.50 bits per heavy atom. The van der Waals surface area contributed by atoms with E-state index in [4.69, 9.17) is 16.3 Å². The van der Waals surface area contributed by atoms with Crippen LogP contribution >= 0.6 is 11.6 Å². The van der Waals surface area contributed by atoms with E-state index in [0.29, 0.717) is 12.5 Å². The highest BCUT2D eigenvalue weighted by molar-refractivity contribution is 6.30. The fraction of sp³-hybridized carbons (Fsp3) is 0.600. The minimum absolute atomic E-state index is 0.269. The predicted molar refractivity (Wildman–Crippen MR) is 82.4 cm³/mol. The number of aliphatic hydroxyl groups is 1. The van der Waals surface area contributed by atoms with Crippen molar-refractivity contribution in [3.05, 3.63) is 28.8 Å². The summed E-state index contributed by atoms with van der Waals surface area (Å²) in [5.41, 5.74) is 2.42. The lowest BCUT2D eigenvalue weighted by Crippen LogP contribution is -2.24. The number of halogens is 1. The van der Waals surface area contributed by atoms with Gasteiger partial charge >= 0.3 is 0 Å². The quantitative estimate of drug-likeness (QED) is 0.755. The van der Waals surface area contributed by atoms with Gasteiger partial charge in [-0.15, -0.1) is 0 Å². The second-order valence-corrected chi connectivity index (χ2v) is 5.66. The fourth-order valence-corrected chi connectivity index (χ4v) is 2.80. The van der Waals surface area contributed by atoms with Gasteiger partial charge < -0.3 is 20.1 Å². The molecule has 1 aromatic rings. The van der Waals surface area contributed by atoms with E-state index in [1.54, 1.807) is 7.11 Å². The maximum Gasteiger partial charge on any atom is 0.0587 e. The molecule has 1 unspecified atom stereocenters. The smallest absolute Gasteiger partial charge is 0.0587 e. The number of anilines is 1. The molecule has 2 N–H and O–H groups in total. The highest BCUT2D eigenvalue weighted by atomic mass is 35.5. The van der Waals surface area contributed by atoms with Gasteiger partial charge in [0.15, 0.2) is 0 Å². The first-order chi connectivity index (χ1) is 9.74. The second kappa shape index (κ2) is 7.84. The molecular formula is C15H23ClN2O2. The van der Waals surface area contributed by atoms with Crippen molar-refractivity contribution in [2.24, 2.45) is 5.92 Å². The molecule has 1 saturated heterocycles. The van der Waals surface area contributed by atoms with Gasteiger partial charge in [0.05, 0.1) is 6.61 Å². The van der Waals surface area contributed by atoms with Crippen LogP contribution in [0.5, 0.6) is 0 Å². The molecule has 0 radical (unpaired) electrons. The number of methoxy groups -OCH3 is 1. The zero-order chi connectivity index (χ0) is 14.4. The maximum absolute atomic E-state index is 9.27. The lowest BCUT2D eigenvalue weighted by Gasteiger charge is -2.22. The van der Waals surface area contributed by atoms with E-state index in [1.165, 1.54) is 11.3 Å². The van der Waals surface area contributed by atoms with Crippen LogP contribution in [-0.4, -0.2) is 45.1 Å².